The molecule has 0 saturated heterocycles. The number of hydrogen-bond donors (Lipinski definition) is 0. The molecule has 1 aromatic rings. The average Bonchev–Trinajstić information content (AvgIpc) is 2.19. The van der Waals surface area contributed by atoms with Crippen molar-refractivity contribution >= 4 is 11.6 Å². The van der Waals surface area contributed by atoms with Gasteiger partial charge in [-0.2, -0.15) is 0 Å². The second-order valence-electron chi connectivity index (χ2n) is 3.17. The summed E-state index contributed by atoms with van der Waals surface area (Å²) in [6, 6.07) is 6.08. The third-order valence-corrected chi connectivity index (χ3v) is 2.31. The minimum absolute atomic E-state index is 0.795. The van der Waals surface area contributed by atoms with Gasteiger partial charge in [-0.3, -0.25) is 4.98 Å². The first-order chi connectivity index (χ1) is 6.43. The van der Waals surface area contributed by atoms with Crippen LogP contribution in [-0.4, -0.2) is 10.9 Å². The van der Waals surface area contributed by atoms with E-state index in [1.807, 2.05) is 18.3 Å². The lowest BCUT2D eigenvalue weighted by Crippen LogP contribution is -1.89. The molecule has 0 bridgehead atoms. The van der Waals surface area contributed by atoms with Crippen LogP contribution >= 0.6 is 11.6 Å². The van der Waals surface area contributed by atoms with Crippen molar-refractivity contribution < 1.29 is 0 Å². The Balaban J connectivity index is 2.07. The van der Waals surface area contributed by atoms with Gasteiger partial charge in [0.25, 0.3) is 0 Å². The van der Waals surface area contributed by atoms with Gasteiger partial charge in [-0.25, -0.2) is 0 Å². The van der Waals surface area contributed by atoms with Gasteiger partial charge in [0, 0.05) is 17.8 Å². The van der Waals surface area contributed by atoms with Gasteiger partial charge < -0.3 is 0 Å². The molecule has 0 aliphatic carbocycles. The molecule has 0 amide bonds. The van der Waals surface area contributed by atoms with Crippen molar-refractivity contribution in [3.05, 3.63) is 30.1 Å². The maximum atomic E-state index is 5.59. The van der Waals surface area contributed by atoms with Gasteiger partial charge in [0.1, 0.15) is 0 Å². The van der Waals surface area contributed by atoms with Crippen LogP contribution in [0.1, 0.15) is 31.4 Å². The summed E-state index contributed by atoms with van der Waals surface area (Å²) in [7, 11) is 0. The molecule has 0 aliphatic rings. The normalized spacial score (nSPS) is 10.2. The highest BCUT2D eigenvalue weighted by molar-refractivity contribution is 6.17. The van der Waals surface area contributed by atoms with Crippen molar-refractivity contribution in [1.29, 1.82) is 0 Å². The maximum Gasteiger partial charge on any atom is 0.0403 e. The number of aromatic nitrogens is 1. The molecule has 0 aromatic carbocycles. The summed E-state index contributed by atoms with van der Waals surface area (Å²) < 4.78 is 0. The second kappa shape index (κ2) is 6.90. The molecule has 1 aromatic heterocycles. The molecule has 2 heteroatoms. The third-order valence-electron chi connectivity index (χ3n) is 2.04. The summed E-state index contributed by atoms with van der Waals surface area (Å²) in [5.41, 5.74) is 1.20. The summed E-state index contributed by atoms with van der Waals surface area (Å²) in [4.78, 5) is 4.27. The van der Waals surface area contributed by atoms with Gasteiger partial charge in [0.15, 0.2) is 0 Å². The first-order valence-corrected chi connectivity index (χ1v) is 5.43. The van der Waals surface area contributed by atoms with E-state index in [9.17, 15) is 0 Å². The summed E-state index contributed by atoms with van der Waals surface area (Å²) in [5.74, 6) is 0.795. The van der Waals surface area contributed by atoms with E-state index in [4.69, 9.17) is 11.6 Å². The molecule has 0 N–H and O–H groups in total. The fourth-order valence-electron chi connectivity index (χ4n) is 1.30. The highest BCUT2D eigenvalue weighted by Gasteiger charge is 1.93. The van der Waals surface area contributed by atoms with Crippen molar-refractivity contribution in [3.63, 3.8) is 0 Å². The van der Waals surface area contributed by atoms with E-state index in [1.54, 1.807) is 0 Å². The second-order valence-corrected chi connectivity index (χ2v) is 3.55. The smallest absolute Gasteiger partial charge is 0.0403 e. The Bertz CT molecular complexity index is 211. The van der Waals surface area contributed by atoms with E-state index in [0.29, 0.717) is 0 Å². The van der Waals surface area contributed by atoms with Crippen molar-refractivity contribution in [2.45, 2.75) is 32.1 Å². The molecule has 0 aliphatic heterocycles. The number of unbranched alkanes of at least 4 members (excludes halogenated alkanes) is 3. The van der Waals surface area contributed by atoms with Gasteiger partial charge in [-0.05, 0) is 31.4 Å². The highest BCUT2D eigenvalue weighted by atomic mass is 35.5. The Kier molecular flexibility index (Phi) is 5.59. The predicted octanol–water partition coefficient (Wildman–Crippen LogP) is 3.42. The summed E-state index contributed by atoms with van der Waals surface area (Å²) >= 11 is 5.59. The molecule has 0 spiro atoms. The Hall–Kier alpha value is -0.560. The number of nitrogens with zero attached hydrogens (tertiary/aromatic N) is 1. The Labute approximate surface area is 85.1 Å². The lowest BCUT2D eigenvalue weighted by Gasteiger charge is -1.99. The number of alkyl halides is 1. The molecule has 0 radical (unpaired) electrons. The maximum absolute atomic E-state index is 5.59. The first-order valence-electron chi connectivity index (χ1n) is 4.89. The fourth-order valence-corrected chi connectivity index (χ4v) is 1.49. The Morgan fingerprint density at radius 1 is 1.08 bits per heavy atom. The number of aryl methyl sites for hydroxylation is 1. The number of halogens is 1. The molecule has 13 heavy (non-hydrogen) atoms. The van der Waals surface area contributed by atoms with Gasteiger partial charge in [-0.1, -0.05) is 18.9 Å². The SMILES string of the molecule is ClCCCCCCc1ccccn1. The number of hydrogen-bond acceptors (Lipinski definition) is 1. The van der Waals surface area contributed by atoms with Gasteiger partial charge in [0.2, 0.25) is 0 Å². The zero-order chi connectivity index (χ0) is 9.36. The lowest BCUT2D eigenvalue weighted by molar-refractivity contribution is 0.663. The van der Waals surface area contributed by atoms with Gasteiger partial charge in [0.05, 0.1) is 0 Å². The van der Waals surface area contributed by atoms with Crippen LogP contribution in [0.3, 0.4) is 0 Å². The van der Waals surface area contributed by atoms with Crippen LogP contribution < -0.4 is 0 Å². The third kappa shape index (κ3) is 4.89. The van der Waals surface area contributed by atoms with Crippen LogP contribution in [0, 0.1) is 0 Å². The molecule has 0 fully saturated rings. The van der Waals surface area contributed by atoms with E-state index in [-0.39, 0.29) is 0 Å². The largest absolute Gasteiger partial charge is 0.261 e. The van der Waals surface area contributed by atoms with Gasteiger partial charge in [-0.15, -0.1) is 11.6 Å². The zero-order valence-electron chi connectivity index (χ0n) is 7.88. The molecule has 1 rings (SSSR count). The van der Waals surface area contributed by atoms with Crippen molar-refractivity contribution in [3.8, 4) is 0 Å². The van der Waals surface area contributed by atoms with Crippen LogP contribution in [0.25, 0.3) is 0 Å². The van der Waals surface area contributed by atoms with E-state index in [2.05, 4.69) is 11.1 Å². The first kappa shape index (κ1) is 10.5. The minimum Gasteiger partial charge on any atom is -0.261 e. The summed E-state index contributed by atoms with van der Waals surface area (Å²) in [6.45, 7) is 0. The van der Waals surface area contributed by atoms with Crippen LogP contribution in [0.2, 0.25) is 0 Å². The number of pyridine rings is 1. The van der Waals surface area contributed by atoms with E-state index >= 15 is 0 Å². The minimum atomic E-state index is 0.795. The molecule has 1 nitrogen and oxygen atoms in total. The zero-order valence-corrected chi connectivity index (χ0v) is 8.63. The molecular formula is C11H16ClN. The van der Waals surface area contributed by atoms with Crippen molar-refractivity contribution in [2.75, 3.05) is 5.88 Å². The lowest BCUT2D eigenvalue weighted by atomic mass is 10.1. The van der Waals surface area contributed by atoms with Gasteiger partial charge >= 0.3 is 0 Å². The van der Waals surface area contributed by atoms with Crippen LogP contribution in [-0.2, 0) is 6.42 Å². The van der Waals surface area contributed by atoms with E-state index in [0.717, 1.165) is 18.7 Å². The quantitative estimate of drug-likeness (QED) is 0.503. The number of rotatable bonds is 6. The topological polar surface area (TPSA) is 12.9 Å². The van der Waals surface area contributed by atoms with E-state index in [1.165, 1.54) is 25.0 Å². The van der Waals surface area contributed by atoms with E-state index < -0.39 is 0 Å². The molecule has 72 valence electrons. The van der Waals surface area contributed by atoms with Crippen molar-refractivity contribution in [1.82, 2.24) is 4.98 Å². The Morgan fingerprint density at radius 2 is 1.92 bits per heavy atom. The predicted molar refractivity (Wildman–Crippen MR) is 57.1 cm³/mol. The standard InChI is InChI=1S/C11H16ClN/c12-9-5-2-1-3-7-11-8-4-6-10-13-11/h4,6,8,10H,1-3,5,7,9H2. The monoisotopic (exact) mass is 197 g/mol. The summed E-state index contributed by atoms with van der Waals surface area (Å²) in [6.07, 6.45) is 7.84. The summed E-state index contributed by atoms with van der Waals surface area (Å²) in [5, 5.41) is 0. The molecule has 0 saturated carbocycles. The van der Waals surface area contributed by atoms with Crippen LogP contribution in [0.4, 0.5) is 0 Å². The van der Waals surface area contributed by atoms with Crippen LogP contribution in [0.15, 0.2) is 24.4 Å². The Morgan fingerprint density at radius 3 is 2.62 bits per heavy atom. The van der Waals surface area contributed by atoms with Crippen molar-refractivity contribution in [2.24, 2.45) is 0 Å². The van der Waals surface area contributed by atoms with Crippen LogP contribution in [0.5, 0.6) is 0 Å². The molecule has 0 unspecified atom stereocenters. The fraction of sp³-hybridized carbons (Fsp3) is 0.545. The highest BCUT2D eigenvalue weighted by Crippen LogP contribution is 2.05. The average molecular weight is 198 g/mol. The molecule has 1 heterocycles. The molecule has 0 atom stereocenters. The molecular weight excluding hydrogens is 182 g/mol.